The molecule has 0 rings (SSSR count). The topological polar surface area (TPSA) is 120 Å². The first-order valence-electron chi connectivity index (χ1n) is 6.29. The van der Waals surface area contributed by atoms with Gasteiger partial charge in [0.25, 0.3) is 0 Å². The van der Waals surface area contributed by atoms with Gasteiger partial charge in [-0.15, -0.1) is 17.3 Å². The van der Waals surface area contributed by atoms with Gasteiger partial charge in [-0.25, -0.2) is 0 Å². The summed E-state index contributed by atoms with van der Waals surface area (Å²) in [6.45, 7) is 8.03. The summed E-state index contributed by atoms with van der Waals surface area (Å²) in [7, 11) is 0. The molecule has 6 nitrogen and oxygen atoms in total. The van der Waals surface area contributed by atoms with Crippen LogP contribution in [0.2, 0.25) is 0 Å². The molecule has 0 aromatic carbocycles. The van der Waals surface area contributed by atoms with E-state index in [9.17, 15) is 29.7 Å². The number of carbonyl (C=O) groups is 3. The predicted molar refractivity (Wildman–Crippen MR) is 96.9 cm³/mol. The van der Waals surface area contributed by atoms with E-state index in [0.717, 1.165) is 0 Å². The largest absolute Gasteiger partial charge is 3.00 e. The maximum Gasteiger partial charge on any atom is 3.00 e. The normalized spacial score (nSPS) is 12.4. The molecule has 25 heavy (non-hydrogen) atoms. The number of halogens is 3. The van der Waals surface area contributed by atoms with Crippen molar-refractivity contribution in [3.05, 3.63) is 30.7 Å². The van der Waals surface area contributed by atoms with Crippen molar-refractivity contribution >= 4 is 65.1 Å². The monoisotopic (exact) mass is 590 g/mol. The third-order valence-corrected chi connectivity index (χ3v) is 5.20. The molecule has 0 aliphatic heterocycles. The molecule has 0 aliphatic rings. The van der Waals surface area contributed by atoms with Crippen LogP contribution in [0.4, 0.5) is 0 Å². The van der Waals surface area contributed by atoms with Crippen LogP contribution in [0.15, 0.2) is 30.7 Å². The smallest absolute Gasteiger partial charge is 0.875 e. The summed E-state index contributed by atoms with van der Waals surface area (Å²) >= 11 is 8.47. The molecule has 0 atom stereocenters. The summed E-state index contributed by atoms with van der Waals surface area (Å²) in [6.07, 6.45) is 0. The van der Waals surface area contributed by atoms with Crippen molar-refractivity contribution in [3.8, 4) is 0 Å². The molecule has 0 unspecified atom stereocenters. The van der Waals surface area contributed by atoms with Crippen molar-refractivity contribution in [2.75, 3.05) is 0 Å². The SMILES string of the molecule is CC(=O)/C(Br)=C(/C)[O-].CC(=O)/C(Br)=C(/C)[O-].CC(=O)/C(Br)=C(/C)[O-].[Co+3]. The molecular formula is C15H18Br3CoO6. The Labute approximate surface area is 183 Å². The van der Waals surface area contributed by atoms with E-state index in [-0.39, 0.29) is 64.9 Å². The van der Waals surface area contributed by atoms with Crippen molar-refractivity contribution in [1.82, 2.24) is 0 Å². The summed E-state index contributed by atoms with van der Waals surface area (Å²) < 4.78 is 0.410. The fourth-order valence-corrected chi connectivity index (χ4v) is 0.744. The van der Waals surface area contributed by atoms with Crippen molar-refractivity contribution in [3.63, 3.8) is 0 Å². The van der Waals surface area contributed by atoms with E-state index in [1.165, 1.54) is 41.5 Å². The molecule has 144 valence electrons. The summed E-state index contributed by atoms with van der Waals surface area (Å²) in [5.41, 5.74) is 0. The van der Waals surface area contributed by atoms with Gasteiger partial charge in [-0.1, -0.05) is 20.8 Å². The Hall–Kier alpha value is -0.424. The van der Waals surface area contributed by atoms with E-state index >= 15 is 0 Å². The maximum absolute atomic E-state index is 10.3. The van der Waals surface area contributed by atoms with Gasteiger partial charge < -0.3 is 15.3 Å². The van der Waals surface area contributed by atoms with E-state index in [0.29, 0.717) is 0 Å². The summed E-state index contributed by atoms with van der Waals surface area (Å²) in [6, 6.07) is 0. The van der Waals surface area contributed by atoms with E-state index < -0.39 is 0 Å². The van der Waals surface area contributed by atoms with E-state index in [1.807, 2.05) is 0 Å². The predicted octanol–water partition coefficient (Wildman–Crippen LogP) is 1.68. The number of carbonyl (C=O) groups excluding carboxylic acids is 3. The summed E-state index contributed by atoms with van der Waals surface area (Å²) in [5, 5.41) is 30.8. The molecule has 0 fully saturated rings. The molecule has 0 heterocycles. The maximum atomic E-state index is 10.3. The van der Waals surface area contributed by atoms with Crippen molar-refractivity contribution in [2.45, 2.75) is 41.5 Å². The second-order valence-electron chi connectivity index (χ2n) is 4.28. The van der Waals surface area contributed by atoms with Crippen LogP contribution in [0.5, 0.6) is 0 Å². The number of ketones is 3. The number of rotatable bonds is 3. The minimum Gasteiger partial charge on any atom is -0.875 e. The third kappa shape index (κ3) is 19.7. The molecule has 0 N–H and O–H groups in total. The van der Waals surface area contributed by atoms with Crippen molar-refractivity contribution in [1.29, 1.82) is 0 Å². The quantitative estimate of drug-likeness (QED) is 0.363. The zero-order chi connectivity index (χ0) is 20.2. The molecular weight excluding hydrogens is 575 g/mol. The van der Waals surface area contributed by atoms with Gasteiger partial charge in [0.15, 0.2) is 17.3 Å². The van der Waals surface area contributed by atoms with Crippen LogP contribution >= 0.6 is 47.8 Å². The molecule has 10 heteroatoms. The number of allylic oxidation sites excluding steroid dienone is 6. The Bertz CT molecular complexity index is 487. The van der Waals surface area contributed by atoms with Gasteiger partial charge in [0, 0.05) is 13.4 Å². The van der Waals surface area contributed by atoms with Gasteiger partial charge in [-0.05, 0) is 68.6 Å². The minimum atomic E-state index is -0.225. The molecule has 0 saturated heterocycles. The summed E-state index contributed by atoms with van der Waals surface area (Å²) in [5.74, 6) is -1.35. The molecule has 0 saturated carbocycles. The Morgan fingerprint density at radius 3 is 0.640 bits per heavy atom. The standard InChI is InChI=1S/3C5H7BrO2.Co/c3*1-3(7)5(6)4(2)8;/h3*7H,1-2H3;/q;;;+3/p-3/b3*5-3+;. The Balaban J connectivity index is -0.000000130. The fourth-order valence-electron chi connectivity index (χ4n) is 0.744. The van der Waals surface area contributed by atoms with Gasteiger partial charge in [0.1, 0.15) is 0 Å². The molecule has 0 amide bonds. The van der Waals surface area contributed by atoms with Crippen LogP contribution in [0.3, 0.4) is 0 Å². The van der Waals surface area contributed by atoms with Crippen molar-refractivity contribution in [2.24, 2.45) is 0 Å². The van der Waals surface area contributed by atoms with Crippen LogP contribution in [0.1, 0.15) is 41.5 Å². The molecule has 0 aromatic rings. The van der Waals surface area contributed by atoms with E-state index in [4.69, 9.17) is 0 Å². The van der Waals surface area contributed by atoms with Crippen LogP contribution < -0.4 is 15.3 Å². The number of Topliss-reactive ketones (excluding diaryl/α,β-unsaturated/α-hetero) is 3. The molecule has 0 spiro atoms. The average molecular weight is 593 g/mol. The van der Waals surface area contributed by atoms with Gasteiger partial charge in [-0.2, -0.15) is 0 Å². The van der Waals surface area contributed by atoms with E-state index in [2.05, 4.69) is 47.8 Å². The van der Waals surface area contributed by atoms with Gasteiger partial charge >= 0.3 is 16.8 Å². The van der Waals surface area contributed by atoms with E-state index in [1.54, 1.807) is 0 Å². The second kappa shape index (κ2) is 17.0. The zero-order valence-electron chi connectivity index (χ0n) is 14.4. The average Bonchev–Trinajstić information content (AvgIpc) is 2.45. The zero-order valence-corrected chi connectivity index (χ0v) is 20.2. The van der Waals surface area contributed by atoms with Crippen LogP contribution in [0, 0.1) is 0 Å². The third-order valence-electron chi connectivity index (χ3n) is 1.85. The first kappa shape index (κ1) is 32.3. The van der Waals surface area contributed by atoms with Gasteiger partial charge in [0.05, 0.1) is 0 Å². The Morgan fingerprint density at radius 1 is 0.520 bits per heavy atom. The van der Waals surface area contributed by atoms with Crippen LogP contribution in [0.25, 0.3) is 0 Å². The molecule has 0 aromatic heterocycles. The fraction of sp³-hybridized carbons (Fsp3) is 0.400. The minimum absolute atomic E-state index is 0. The Kier molecular flexibility index (Phi) is 22.0. The molecule has 0 bridgehead atoms. The number of hydrogen-bond donors (Lipinski definition) is 0. The van der Waals surface area contributed by atoms with Crippen LogP contribution in [-0.2, 0) is 31.2 Å². The molecule has 0 radical (unpaired) electrons. The van der Waals surface area contributed by atoms with Gasteiger partial charge in [-0.3, -0.25) is 14.4 Å². The molecule has 0 aliphatic carbocycles. The Morgan fingerprint density at radius 2 is 0.640 bits per heavy atom. The number of hydrogen-bond acceptors (Lipinski definition) is 6. The van der Waals surface area contributed by atoms with Gasteiger partial charge in [0.2, 0.25) is 0 Å². The van der Waals surface area contributed by atoms with Crippen LogP contribution in [-0.4, -0.2) is 17.3 Å². The second-order valence-corrected chi connectivity index (χ2v) is 6.66. The first-order valence-corrected chi connectivity index (χ1v) is 8.67. The van der Waals surface area contributed by atoms with Crippen molar-refractivity contribution < 1.29 is 46.5 Å². The summed E-state index contributed by atoms with van der Waals surface area (Å²) in [4.78, 5) is 30.8. The first-order chi connectivity index (χ1) is 10.7.